The zero-order valence-electron chi connectivity index (χ0n) is 8.28. The fourth-order valence-corrected chi connectivity index (χ4v) is 2.97. The van der Waals surface area contributed by atoms with Crippen LogP contribution in [0.4, 0.5) is 0 Å². The molecule has 0 aliphatic heterocycles. The fourth-order valence-electron chi connectivity index (χ4n) is 0.678. The summed E-state index contributed by atoms with van der Waals surface area (Å²) >= 11 is 0. The molecule has 0 aromatic rings. The van der Waals surface area contributed by atoms with Crippen LogP contribution in [0.2, 0.25) is 0 Å². The molecule has 0 aliphatic rings. The summed E-state index contributed by atoms with van der Waals surface area (Å²) in [6, 6.07) is -0.776. The maximum absolute atomic E-state index is 10.7. The fraction of sp³-hybridized carbons (Fsp3) is 0.750. The smallest absolute Gasteiger partial charge is 0.327 e. The van der Waals surface area contributed by atoms with Crippen LogP contribution in [0.5, 0.6) is 0 Å². The van der Waals surface area contributed by atoms with Crippen molar-refractivity contribution in [2.45, 2.75) is 26.3 Å². The second-order valence-electron chi connectivity index (χ2n) is 2.70. The molecule has 1 amide bonds. The molecule has 0 heterocycles. The van der Waals surface area contributed by atoms with Gasteiger partial charge in [0.15, 0.2) is 0 Å². The van der Waals surface area contributed by atoms with Gasteiger partial charge < -0.3 is 10.4 Å². The van der Waals surface area contributed by atoms with Crippen LogP contribution in [0.1, 0.15) is 20.3 Å². The van der Waals surface area contributed by atoms with Gasteiger partial charge in [0.25, 0.3) is 0 Å². The number of aliphatic carboxylic acids is 1. The van der Waals surface area contributed by atoms with E-state index in [-0.39, 0.29) is 5.91 Å². The molecule has 0 saturated carbocycles. The van der Waals surface area contributed by atoms with Crippen molar-refractivity contribution < 1.29 is 14.7 Å². The van der Waals surface area contributed by atoms with Gasteiger partial charge in [-0.1, -0.05) is 28.5 Å². The maximum atomic E-state index is 10.7. The molecule has 4 nitrogen and oxygen atoms in total. The highest BCUT2D eigenvalue weighted by Gasteiger charge is 2.17. The molecule has 0 fully saturated rings. The van der Waals surface area contributed by atoms with Crippen molar-refractivity contribution in [1.82, 2.24) is 5.32 Å². The third-order valence-electron chi connectivity index (χ3n) is 1.28. The van der Waals surface area contributed by atoms with Crippen molar-refractivity contribution in [3.05, 3.63) is 0 Å². The van der Waals surface area contributed by atoms with Gasteiger partial charge in [-0.3, -0.25) is 4.79 Å². The first-order chi connectivity index (χ1) is 6.57. The summed E-state index contributed by atoms with van der Waals surface area (Å²) < 4.78 is 0. The number of carbonyl (C=O) groups excluding carboxylic acids is 1. The highest BCUT2D eigenvalue weighted by atomic mass is 33.1. The lowest BCUT2D eigenvalue weighted by molar-refractivity contribution is -0.140. The molecule has 0 aromatic carbocycles. The van der Waals surface area contributed by atoms with Gasteiger partial charge in [0.1, 0.15) is 6.04 Å². The molecule has 1 atom stereocenters. The number of amides is 1. The Morgan fingerprint density at radius 2 is 2.07 bits per heavy atom. The summed E-state index contributed by atoms with van der Waals surface area (Å²) in [6.45, 7) is 3.38. The van der Waals surface area contributed by atoms with Crippen molar-refractivity contribution in [1.29, 1.82) is 0 Å². The standard InChI is InChI=1S/C8H15NO3S2/c1-3-4-13-14-5-7(8(11)12)9-6(2)10/h7H,3-5H2,1-2H3,(H,9,10)(H,11,12). The lowest BCUT2D eigenvalue weighted by Gasteiger charge is -2.11. The van der Waals surface area contributed by atoms with Crippen LogP contribution >= 0.6 is 21.6 Å². The molecular weight excluding hydrogens is 222 g/mol. The van der Waals surface area contributed by atoms with E-state index >= 15 is 0 Å². The maximum Gasteiger partial charge on any atom is 0.327 e. The average Bonchev–Trinajstić information content (AvgIpc) is 2.09. The minimum absolute atomic E-state index is 0.307. The lowest BCUT2D eigenvalue weighted by atomic mass is 10.3. The second kappa shape index (κ2) is 7.99. The van der Waals surface area contributed by atoms with Crippen LogP contribution in [0, 0.1) is 0 Å². The summed E-state index contributed by atoms with van der Waals surface area (Å²) in [5.74, 6) is 0.111. The molecule has 0 rings (SSSR count). The highest BCUT2D eigenvalue weighted by molar-refractivity contribution is 8.76. The topological polar surface area (TPSA) is 66.4 Å². The molecule has 0 aliphatic carbocycles. The number of nitrogens with one attached hydrogen (secondary N) is 1. The van der Waals surface area contributed by atoms with Gasteiger partial charge >= 0.3 is 5.97 Å². The number of carboxylic acids is 1. The zero-order chi connectivity index (χ0) is 11.0. The van der Waals surface area contributed by atoms with Crippen LogP contribution in [0.3, 0.4) is 0 Å². The molecule has 82 valence electrons. The molecule has 0 radical (unpaired) electrons. The molecule has 0 spiro atoms. The molecule has 0 aromatic heterocycles. The molecular formula is C8H15NO3S2. The van der Waals surface area contributed by atoms with E-state index in [1.165, 1.54) is 17.7 Å². The Morgan fingerprint density at radius 1 is 1.43 bits per heavy atom. The predicted octanol–water partition coefficient (Wildman–Crippen LogP) is 1.37. The summed E-state index contributed by atoms with van der Waals surface area (Å²) in [5.41, 5.74) is 0. The number of hydrogen-bond donors (Lipinski definition) is 2. The van der Waals surface area contributed by atoms with Crippen LogP contribution in [-0.4, -0.2) is 34.5 Å². The molecule has 6 heteroatoms. The first-order valence-corrected chi connectivity index (χ1v) is 6.81. The minimum atomic E-state index is -0.982. The van der Waals surface area contributed by atoms with Crippen molar-refractivity contribution in [3.8, 4) is 0 Å². The first-order valence-electron chi connectivity index (χ1n) is 4.32. The van der Waals surface area contributed by atoms with Crippen molar-refractivity contribution >= 4 is 33.5 Å². The number of hydrogen-bond acceptors (Lipinski definition) is 4. The Hall–Kier alpha value is -0.360. The van der Waals surface area contributed by atoms with Crippen molar-refractivity contribution in [2.75, 3.05) is 11.5 Å². The highest BCUT2D eigenvalue weighted by Crippen LogP contribution is 2.22. The van der Waals surface area contributed by atoms with Crippen LogP contribution in [0.25, 0.3) is 0 Å². The van der Waals surface area contributed by atoms with Crippen molar-refractivity contribution in [3.63, 3.8) is 0 Å². The van der Waals surface area contributed by atoms with E-state index in [9.17, 15) is 9.59 Å². The Bertz CT molecular complexity index is 199. The molecule has 2 N–H and O–H groups in total. The monoisotopic (exact) mass is 237 g/mol. The van der Waals surface area contributed by atoms with Gasteiger partial charge in [-0.05, 0) is 6.42 Å². The van der Waals surface area contributed by atoms with Crippen molar-refractivity contribution in [2.24, 2.45) is 0 Å². The van der Waals surface area contributed by atoms with Gasteiger partial charge in [-0.15, -0.1) is 0 Å². The quantitative estimate of drug-likeness (QED) is 0.517. The summed E-state index contributed by atoms with van der Waals surface area (Å²) in [5, 5.41) is 11.1. The lowest BCUT2D eigenvalue weighted by Crippen LogP contribution is -2.41. The summed E-state index contributed by atoms with van der Waals surface area (Å²) in [6.07, 6.45) is 1.07. The Balaban J connectivity index is 3.74. The van der Waals surface area contributed by atoms with Crippen LogP contribution in [0.15, 0.2) is 0 Å². The molecule has 14 heavy (non-hydrogen) atoms. The third kappa shape index (κ3) is 7.08. The molecule has 0 bridgehead atoms. The van der Waals surface area contributed by atoms with E-state index in [0.29, 0.717) is 5.75 Å². The first kappa shape index (κ1) is 13.6. The van der Waals surface area contributed by atoms with Gasteiger partial charge in [-0.2, -0.15) is 0 Å². The van der Waals surface area contributed by atoms with Gasteiger partial charge in [0.05, 0.1) is 0 Å². The zero-order valence-corrected chi connectivity index (χ0v) is 9.91. The predicted molar refractivity (Wildman–Crippen MR) is 60.4 cm³/mol. The van der Waals surface area contributed by atoms with E-state index in [4.69, 9.17) is 5.11 Å². The average molecular weight is 237 g/mol. The normalized spacial score (nSPS) is 12.1. The number of carbonyl (C=O) groups is 2. The summed E-state index contributed by atoms with van der Waals surface area (Å²) in [7, 11) is 3.11. The number of carboxylic acid groups (broad SMARTS) is 1. The minimum Gasteiger partial charge on any atom is -0.480 e. The van der Waals surface area contributed by atoms with Crippen LogP contribution in [-0.2, 0) is 9.59 Å². The van der Waals surface area contributed by atoms with E-state index in [1.807, 2.05) is 0 Å². The SMILES string of the molecule is CCCSSCC(NC(C)=O)C(=O)O. The largest absolute Gasteiger partial charge is 0.480 e. The Morgan fingerprint density at radius 3 is 2.50 bits per heavy atom. The Kier molecular flexibility index (Phi) is 7.78. The number of rotatable bonds is 7. The molecule has 0 saturated heterocycles. The molecule has 1 unspecified atom stereocenters. The summed E-state index contributed by atoms with van der Waals surface area (Å²) in [4.78, 5) is 21.3. The van der Waals surface area contributed by atoms with E-state index in [2.05, 4.69) is 12.2 Å². The second-order valence-corrected chi connectivity index (χ2v) is 5.33. The Labute approximate surface area is 91.6 Å². The van der Waals surface area contributed by atoms with Gasteiger partial charge in [-0.25, -0.2) is 4.79 Å². The van der Waals surface area contributed by atoms with Crippen LogP contribution < -0.4 is 5.32 Å². The van der Waals surface area contributed by atoms with E-state index < -0.39 is 12.0 Å². The van der Waals surface area contributed by atoms with E-state index in [1.54, 1.807) is 10.8 Å². The van der Waals surface area contributed by atoms with E-state index in [0.717, 1.165) is 12.2 Å². The van der Waals surface area contributed by atoms with Gasteiger partial charge in [0, 0.05) is 18.4 Å². The van der Waals surface area contributed by atoms with Gasteiger partial charge in [0.2, 0.25) is 5.91 Å². The third-order valence-corrected chi connectivity index (χ3v) is 3.90.